The van der Waals surface area contributed by atoms with Crippen molar-refractivity contribution in [2.45, 2.75) is 70.4 Å². The van der Waals surface area contributed by atoms with Crippen LogP contribution in [-0.2, 0) is 0 Å². The number of aliphatic hydroxyl groups is 1. The average Bonchev–Trinajstić information content (AvgIpc) is 2.54. The second kappa shape index (κ2) is 6.69. The Balaban J connectivity index is 1.66. The van der Waals surface area contributed by atoms with Gasteiger partial charge in [0.25, 0.3) is 0 Å². The number of rotatable bonds is 2. The highest BCUT2D eigenvalue weighted by Crippen LogP contribution is 2.34. The lowest BCUT2D eigenvalue weighted by molar-refractivity contribution is 0.0721. The molecular formula is C16H26N4O. The summed E-state index contributed by atoms with van der Waals surface area (Å²) in [6, 6.07) is 0.0969. The summed E-state index contributed by atoms with van der Waals surface area (Å²) in [5, 5.41) is 14.6. The Morgan fingerprint density at radius 2 is 2.10 bits per heavy atom. The van der Waals surface area contributed by atoms with Crippen LogP contribution < -0.4 is 5.43 Å². The van der Waals surface area contributed by atoms with Crippen LogP contribution in [0.3, 0.4) is 0 Å². The lowest BCUT2D eigenvalue weighted by Gasteiger charge is -2.36. The van der Waals surface area contributed by atoms with E-state index in [4.69, 9.17) is 4.99 Å². The number of aliphatic imine (C=N–C) groups is 2. The van der Waals surface area contributed by atoms with E-state index in [0.717, 1.165) is 55.9 Å². The minimum absolute atomic E-state index is 0.0969. The van der Waals surface area contributed by atoms with Gasteiger partial charge in [-0.1, -0.05) is 6.42 Å². The monoisotopic (exact) mass is 290 g/mol. The van der Waals surface area contributed by atoms with E-state index in [-0.39, 0.29) is 12.1 Å². The van der Waals surface area contributed by atoms with Gasteiger partial charge in [0.15, 0.2) is 0 Å². The van der Waals surface area contributed by atoms with E-state index in [0.29, 0.717) is 5.92 Å². The fourth-order valence-electron chi connectivity index (χ4n) is 3.59. The molecule has 1 saturated carbocycles. The number of hydrogen-bond acceptors (Lipinski definition) is 5. The highest BCUT2D eigenvalue weighted by Gasteiger charge is 2.35. The van der Waals surface area contributed by atoms with Gasteiger partial charge in [0, 0.05) is 13.0 Å². The van der Waals surface area contributed by atoms with Crippen molar-refractivity contribution in [2.75, 3.05) is 6.54 Å². The van der Waals surface area contributed by atoms with Crippen LogP contribution >= 0.6 is 0 Å². The third-order valence-corrected chi connectivity index (χ3v) is 4.90. The third-order valence-electron chi connectivity index (χ3n) is 4.90. The second-order valence-corrected chi connectivity index (χ2v) is 6.46. The summed E-state index contributed by atoms with van der Waals surface area (Å²) < 4.78 is 0. The lowest BCUT2D eigenvalue weighted by Crippen LogP contribution is -2.40. The molecule has 116 valence electrons. The van der Waals surface area contributed by atoms with Crippen LogP contribution in [0.1, 0.15) is 58.3 Å². The van der Waals surface area contributed by atoms with E-state index in [1.807, 2.05) is 6.92 Å². The molecule has 3 unspecified atom stereocenters. The van der Waals surface area contributed by atoms with E-state index in [2.05, 4.69) is 15.5 Å². The first-order chi connectivity index (χ1) is 10.2. The molecule has 0 amide bonds. The van der Waals surface area contributed by atoms with Crippen LogP contribution in [0, 0.1) is 5.92 Å². The molecule has 1 aliphatic carbocycles. The predicted molar refractivity (Wildman–Crippen MR) is 86.2 cm³/mol. The first-order valence-corrected chi connectivity index (χ1v) is 8.33. The summed E-state index contributed by atoms with van der Waals surface area (Å²) in [7, 11) is 0. The second-order valence-electron chi connectivity index (χ2n) is 6.46. The molecule has 2 aliphatic heterocycles. The number of nitrogens with zero attached hydrogens (tertiary/aromatic N) is 3. The zero-order valence-electron chi connectivity index (χ0n) is 12.9. The van der Waals surface area contributed by atoms with Crippen molar-refractivity contribution in [1.82, 2.24) is 5.43 Å². The molecule has 3 aliphatic rings. The molecular weight excluding hydrogens is 264 g/mol. The van der Waals surface area contributed by atoms with Crippen LogP contribution in [-0.4, -0.2) is 41.1 Å². The maximum absolute atomic E-state index is 10.2. The number of amidine groups is 1. The van der Waals surface area contributed by atoms with Crippen LogP contribution in [0.2, 0.25) is 0 Å². The molecule has 21 heavy (non-hydrogen) atoms. The van der Waals surface area contributed by atoms with Gasteiger partial charge in [-0.3, -0.25) is 15.4 Å². The van der Waals surface area contributed by atoms with E-state index in [9.17, 15) is 5.11 Å². The number of nitrogens with one attached hydrogen (secondary N) is 1. The summed E-state index contributed by atoms with van der Waals surface area (Å²) >= 11 is 0. The van der Waals surface area contributed by atoms with Crippen molar-refractivity contribution < 1.29 is 5.11 Å². The molecule has 3 rings (SSSR count). The molecule has 1 fully saturated rings. The molecule has 0 spiro atoms. The molecule has 0 aromatic rings. The maximum atomic E-state index is 10.2. The summed E-state index contributed by atoms with van der Waals surface area (Å²) in [6.07, 6.45) is 8.47. The summed E-state index contributed by atoms with van der Waals surface area (Å²) in [5.41, 5.74) is 5.10. The molecule has 5 heteroatoms. The fourth-order valence-corrected chi connectivity index (χ4v) is 3.59. The Morgan fingerprint density at radius 1 is 1.19 bits per heavy atom. The maximum Gasteiger partial charge on any atom is 0.117 e. The van der Waals surface area contributed by atoms with Gasteiger partial charge in [0.2, 0.25) is 0 Å². The van der Waals surface area contributed by atoms with E-state index < -0.39 is 0 Å². The van der Waals surface area contributed by atoms with E-state index in [1.165, 1.54) is 19.3 Å². The van der Waals surface area contributed by atoms with Crippen LogP contribution in [0.5, 0.6) is 0 Å². The van der Waals surface area contributed by atoms with Gasteiger partial charge in [-0.2, -0.15) is 5.10 Å². The largest absolute Gasteiger partial charge is 0.391 e. The number of hydrogen-bond donors (Lipinski definition) is 2. The van der Waals surface area contributed by atoms with Gasteiger partial charge in [0.05, 0.1) is 23.6 Å². The first kappa shape index (κ1) is 14.7. The van der Waals surface area contributed by atoms with Crippen molar-refractivity contribution in [2.24, 2.45) is 21.0 Å². The molecule has 0 aromatic carbocycles. The van der Waals surface area contributed by atoms with Gasteiger partial charge in [0.1, 0.15) is 5.84 Å². The topological polar surface area (TPSA) is 69.3 Å². The van der Waals surface area contributed by atoms with Gasteiger partial charge in [-0.05, 0) is 51.4 Å². The smallest absolute Gasteiger partial charge is 0.117 e. The zero-order chi connectivity index (χ0) is 14.7. The van der Waals surface area contributed by atoms with Crippen molar-refractivity contribution in [3.63, 3.8) is 0 Å². The first-order valence-electron chi connectivity index (χ1n) is 8.33. The van der Waals surface area contributed by atoms with E-state index in [1.54, 1.807) is 0 Å². The molecule has 0 saturated heterocycles. The van der Waals surface area contributed by atoms with Crippen molar-refractivity contribution in [3.05, 3.63) is 0 Å². The summed E-state index contributed by atoms with van der Waals surface area (Å²) in [6.45, 7) is 2.92. The van der Waals surface area contributed by atoms with Crippen LogP contribution in [0.25, 0.3) is 0 Å². The number of hydrazone groups is 1. The molecule has 0 radical (unpaired) electrons. The molecule has 2 N–H and O–H groups in total. The Bertz CT molecular complexity index is 469. The highest BCUT2D eigenvalue weighted by atomic mass is 16.3. The number of aliphatic hydroxyl groups excluding tert-OH is 1. The number of fused-ring (bicyclic) bond motifs is 1. The summed E-state index contributed by atoms with van der Waals surface area (Å²) in [4.78, 5) is 9.25. The molecule has 2 heterocycles. The van der Waals surface area contributed by atoms with Gasteiger partial charge < -0.3 is 5.11 Å². The molecule has 5 nitrogen and oxygen atoms in total. The Morgan fingerprint density at radius 3 is 2.90 bits per heavy atom. The lowest BCUT2D eigenvalue weighted by atomic mass is 9.77. The quantitative estimate of drug-likeness (QED) is 0.605. The highest BCUT2D eigenvalue weighted by molar-refractivity contribution is 6.41. The standard InChI is InChI=1S/C16H26N4O/c1-11(19-20-15-7-2-3-10-17-15)13-9-8-12-5-4-6-14(21)16(12)18-13/h12,14,16,21H,2-10H2,1H3,(H,17,20)/b19-11-. The minimum Gasteiger partial charge on any atom is -0.391 e. The minimum atomic E-state index is -0.262. The zero-order valence-corrected chi connectivity index (χ0v) is 12.9. The predicted octanol–water partition coefficient (Wildman–Crippen LogP) is 2.30. The fraction of sp³-hybridized carbons (Fsp3) is 0.812. The van der Waals surface area contributed by atoms with Gasteiger partial charge in [-0.15, -0.1) is 0 Å². The average molecular weight is 290 g/mol. The Hall–Kier alpha value is -1.23. The van der Waals surface area contributed by atoms with Crippen LogP contribution in [0.4, 0.5) is 0 Å². The van der Waals surface area contributed by atoms with Crippen molar-refractivity contribution >= 4 is 17.3 Å². The van der Waals surface area contributed by atoms with E-state index >= 15 is 0 Å². The SMILES string of the molecule is C/C(=N/NC1=NCCCC1)C1=NC2C(O)CCCC2CC1. The molecule has 0 aromatic heterocycles. The van der Waals surface area contributed by atoms with Crippen LogP contribution in [0.15, 0.2) is 15.1 Å². The summed E-state index contributed by atoms with van der Waals surface area (Å²) in [5.74, 6) is 1.56. The van der Waals surface area contributed by atoms with Gasteiger partial charge >= 0.3 is 0 Å². The van der Waals surface area contributed by atoms with Crippen molar-refractivity contribution in [3.8, 4) is 0 Å². The normalized spacial score (nSPS) is 33.8. The molecule has 3 atom stereocenters. The third kappa shape index (κ3) is 3.51. The van der Waals surface area contributed by atoms with Crippen molar-refractivity contribution in [1.29, 1.82) is 0 Å². The van der Waals surface area contributed by atoms with Gasteiger partial charge in [-0.25, -0.2) is 0 Å². The molecule has 0 bridgehead atoms. The Kier molecular flexibility index (Phi) is 4.68. The Labute approximate surface area is 126 Å².